The molecule has 4 aromatic rings. The third-order valence-electron chi connectivity index (χ3n) is 4.80. The number of aromatic amines is 1. The van der Waals surface area contributed by atoms with E-state index in [1.807, 2.05) is 86.6 Å². The Kier molecular flexibility index (Phi) is 5.30. The minimum atomic E-state index is -0.166. The Labute approximate surface area is 174 Å². The molecule has 6 nitrogen and oxygen atoms in total. The Hall–Kier alpha value is -3.93. The van der Waals surface area contributed by atoms with Crippen LogP contribution in [0.25, 0.3) is 16.9 Å². The van der Waals surface area contributed by atoms with Crippen molar-refractivity contribution in [2.24, 2.45) is 4.99 Å². The number of aryl methyl sites for hydroxylation is 1. The number of aromatic nitrogens is 3. The highest BCUT2D eigenvalue weighted by Gasteiger charge is 2.19. The summed E-state index contributed by atoms with van der Waals surface area (Å²) >= 11 is 0. The molecular formula is C24H22N4O2. The zero-order valence-corrected chi connectivity index (χ0v) is 17.1. The summed E-state index contributed by atoms with van der Waals surface area (Å²) < 4.78 is 6.80. The van der Waals surface area contributed by atoms with Gasteiger partial charge in [0.1, 0.15) is 5.75 Å². The van der Waals surface area contributed by atoms with Gasteiger partial charge in [-0.3, -0.25) is 9.89 Å². The van der Waals surface area contributed by atoms with E-state index in [4.69, 9.17) is 4.74 Å². The Balaban J connectivity index is 1.90. The van der Waals surface area contributed by atoms with Crippen LogP contribution in [0.2, 0.25) is 0 Å². The van der Waals surface area contributed by atoms with Crippen LogP contribution in [0.5, 0.6) is 5.75 Å². The number of hydrogen-bond donors (Lipinski definition) is 1. The molecule has 0 unspecified atom stereocenters. The average Bonchev–Trinajstić information content (AvgIpc) is 3.11. The Morgan fingerprint density at radius 1 is 1.00 bits per heavy atom. The third kappa shape index (κ3) is 3.80. The van der Waals surface area contributed by atoms with Gasteiger partial charge < -0.3 is 4.74 Å². The summed E-state index contributed by atoms with van der Waals surface area (Å²) in [7, 11) is 1.62. The summed E-state index contributed by atoms with van der Waals surface area (Å²) in [6.45, 7) is 3.74. The Morgan fingerprint density at radius 2 is 1.73 bits per heavy atom. The second-order valence-corrected chi connectivity index (χ2v) is 6.90. The fourth-order valence-corrected chi connectivity index (χ4v) is 3.32. The van der Waals surface area contributed by atoms with Crippen molar-refractivity contribution in [3.05, 3.63) is 94.4 Å². The van der Waals surface area contributed by atoms with Crippen LogP contribution in [0, 0.1) is 6.92 Å². The maximum atomic E-state index is 13.4. The SMILES string of the molecule is COc1ccc(-c2[nH]n(-c3ccccc3)c(=O)c2/C(C)=N\c2cccc(C)n2)cc1. The molecule has 0 aliphatic heterocycles. The molecule has 0 saturated carbocycles. The van der Waals surface area contributed by atoms with E-state index in [9.17, 15) is 4.79 Å². The summed E-state index contributed by atoms with van der Waals surface area (Å²) in [5.74, 6) is 1.32. The molecular weight excluding hydrogens is 376 g/mol. The molecule has 0 bridgehead atoms. The molecule has 0 radical (unpaired) electrons. The van der Waals surface area contributed by atoms with Crippen molar-refractivity contribution in [1.29, 1.82) is 0 Å². The maximum Gasteiger partial charge on any atom is 0.280 e. The van der Waals surface area contributed by atoms with Gasteiger partial charge in [-0.2, -0.15) is 0 Å². The van der Waals surface area contributed by atoms with Crippen molar-refractivity contribution < 1.29 is 4.74 Å². The quantitative estimate of drug-likeness (QED) is 0.496. The topological polar surface area (TPSA) is 72.3 Å². The smallest absolute Gasteiger partial charge is 0.280 e. The molecule has 30 heavy (non-hydrogen) atoms. The maximum absolute atomic E-state index is 13.4. The lowest BCUT2D eigenvalue weighted by molar-refractivity contribution is 0.415. The number of nitrogens with one attached hydrogen (secondary N) is 1. The Bertz CT molecular complexity index is 1250. The van der Waals surface area contributed by atoms with E-state index >= 15 is 0 Å². The van der Waals surface area contributed by atoms with Crippen molar-refractivity contribution in [2.45, 2.75) is 13.8 Å². The normalized spacial score (nSPS) is 11.5. The van der Waals surface area contributed by atoms with Crippen LogP contribution < -0.4 is 10.3 Å². The van der Waals surface area contributed by atoms with Gasteiger partial charge >= 0.3 is 0 Å². The number of methoxy groups -OCH3 is 1. The summed E-state index contributed by atoms with van der Waals surface area (Å²) in [5.41, 5.74) is 4.12. The largest absolute Gasteiger partial charge is 0.497 e. The number of aliphatic imine (C=N–C) groups is 1. The van der Waals surface area contributed by atoms with Crippen molar-refractivity contribution in [1.82, 2.24) is 14.8 Å². The molecule has 0 saturated heterocycles. The molecule has 150 valence electrons. The molecule has 2 heterocycles. The second-order valence-electron chi connectivity index (χ2n) is 6.90. The monoisotopic (exact) mass is 398 g/mol. The van der Waals surface area contributed by atoms with E-state index in [0.29, 0.717) is 22.8 Å². The highest BCUT2D eigenvalue weighted by Crippen LogP contribution is 2.25. The molecule has 0 aliphatic carbocycles. The first kappa shape index (κ1) is 19.4. The number of para-hydroxylation sites is 1. The van der Waals surface area contributed by atoms with E-state index in [0.717, 1.165) is 22.7 Å². The van der Waals surface area contributed by atoms with Gasteiger partial charge in [0.05, 0.1) is 29.8 Å². The van der Waals surface area contributed by atoms with Crippen molar-refractivity contribution in [3.63, 3.8) is 0 Å². The summed E-state index contributed by atoms with van der Waals surface area (Å²) in [4.78, 5) is 22.5. The van der Waals surface area contributed by atoms with Crippen molar-refractivity contribution in [3.8, 4) is 22.7 Å². The zero-order valence-electron chi connectivity index (χ0n) is 17.1. The lowest BCUT2D eigenvalue weighted by atomic mass is 10.1. The lowest BCUT2D eigenvalue weighted by Gasteiger charge is -2.05. The summed E-state index contributed by atoms with van der Waals surface area (Å²) in [6, 6.07) is 22.7. The number of benzene rings is 2. The first-order chi connectivity index (χ1) is 14.6. The summed E-state index contributed by atoms with van der Waals surface area (Å²) in [6.07, 6.45) is 0. The van der Waals surface area contributed by atoms with E-state index in [1.165, 1.54) is 4.68 Å². The molecule has 4 rings (SSSR count). The van der Waals surface area contributed by atoms with Crippen LogP contribution in [-0.4, -0.2) is 27.6 Å². The van der Waals surface area contributed by atoms with Gasteiger partial charge in [0, 0.05) is 11.3 Å². The third-order valence-corrected chi connectivity index (χ3v) is 4.80. The molecule has 0 spiro atoms. The van der Waals surface area contributed by atoms with Gasteiger partial charge in [-0.05, 0) is 62.4 Å². The molecule has 2 aromatic carbocycles. The van der Waals surface area contributed by atoms with E-state index in [-0.39, 0.29) is 5.56 Å². The fourth-order valence-electron chi connectivity index (χ4n) is 3.32. The highest BCUT2D eigenvalue weighted by atomic mass is 16.5. The van der Waals surface area contributed by atoms with Gasteiger partial charge in [-0.1, -0.05) is 24.3 Å². The molecule has 6 heteroatoms. The van der Waals surface area contributed by atoms with Crippen LogP contribution in [0.3, 0.4) is 0 Å². The minimum Gasteiger partial charge on any atom is -0.497 e. The van der Waals surface area contributed by atoms with Crippen LogP contribution in [-0.2, 0) is 0 Å². The van der Waals surface area contributed by atoms with Crippen molar-refractivity contribution >= 4 is 11.5 Å². The fraction of sp³-hybridized carbons (Fsp3) is 0.125. The first-order valence-electron chi connectivity index (χ1n) is 9.61. The van der Waals surface area contributed by atoms with E-state index in [2.05, 4.69) is 15.1 Å². The molecule has 0 amide bonds. The number of ether oxygens (including phenoxy) is 1. The first-order valence-corrected chi connectivity index (χ1v) is 9.61. The van der Waals surface area contributed by atoms with Gasteiger partial charge in [0.25, 0.3) is 5.56 Å². The molecule has 1 N–H and O–H groups in total. The zero-order chi connectivity index (χ0) is 21.1. The molecule has 0 fully saturated rings. The van der Waals surface area contributed by atoms with Gasteiger partial charge in [-0.15, -0.1) is 0 Å². The van der Waals surface area contributed by atoms with Crippen LogP contribution in [0.1, 0.15) is 18.2 Å². The van der Waals surface area contributed by atoms with Crippen LogP contribution in [0.15, 0.2) is 82.6 Å². The molecule has 2 aromatic heterocycles. The molecule has 0 aliphatic rings. The minimum absolute atomic E-state index is 0.166. The van der Waals surface area contributed by atoms with Crippen LogP contribution in [0.4, 0.5) is 5.82 Å². The van der Waals surface area contributed by atoms with Gasteiger partial charge in [0.2, 0.25) is 0 Å². The predicted octanol–water partition coefficient (Wildman–Crippen LogP) is 4.69. The number of hydrogen-bond acceptors (Lipinski definition) is 4. The van der Waals surface area contributed by atoms with Gasteiger partial charge in [0.15, 0.2) is 5.82 Å². The standard InChI is InChI=1S/C24H22N4O2/c1-16-8-7-11-21(25-16)26-17(2)22-23(18-12-14-20(30-3)15-13-18)27-28(24(22)29)19-9-5-4-6-10-19/h4-15,27H,1-3H3/b26-17-. The van der Waals surface area contributed by atoms with Crippen molar-refractivity contribution in [2.75, 3.05) is 7.11 Å². The number of rotatable bonds is 5. The van der Waals surface area contributed by atoms with E-state index in [1.54, 1.807) is 7.11 Å². The van der Waals surface area contributed by atoms with Gasteiger partial charge in [-0.25, -0.2) is 14.7 Å². The van der Waals surface area contributed by atoms with E-state index < -0.39 is 0 Å². The number of nitrogens with zero attached hydrogens (tertiary/aromatic N) is 3. The predicted molar refractivity (Wildman–Crippen MR) is 119 cm³/mol. The Morgan fingerprint density at radius 3 is 2.40 bits per heavy atom. The van der Waals surface area contributed by atoms with Crippen LogP contribution >= 0.6 is 0 Å². The average molecular weight is 398 g/mol. The number of H-pyrrole nitrogens is 1. The molecule has 0 atom stereocenters. The second kappa shape index (κ2) is 8.21. The number of pyridine rings is 1. The highest BCUT2D eigenvalue weighted by molar-refractivity contribution is 6.04. The summed E-state index contributed by atoms with van der Waals surface area (Å²) in [5, 5.41) is 3.26. The lowest BCUT2D eigenvalue weighted by Crippen LogP contribution is -2.19.